The Labute approximate surface area is 130 Å². The molecule has 1 aromatic heterocycles. The fourth-order valence-corrected chi connectivity index (χ4v) is 2.82. The number of aromatic nitrogens is 1. The van der Waals surface area contributed by atoms with Gasteiger partial charge in [-0.25, -0.2) is 4.98 Å². The average Bonchev–Trinajstić information content (AvgIpc) is 2.47. The van der Waals surface area contributed by atoms with E-state index in [1.165, 1.54) is 0 Å². The number of hydrogen-bond donors (Lipinski definition) is 1. The van der Waals surface area contributed by atoms with Crippen LogP contribution in [0.3, 0.4) is 0 Å². The summed E-state index contributed by atoms with van der Waals surface area (Å²) in [5.74, 6) is 1.22. The molecule has 0 aromatic carbocycles. The molecule has 0 aliphatic carbocycles. The van der Waals surface area contributed by atoms with Crippen LogP contribution in [0.4, 0.5) is 5.82 Å². The van der Waals surface area contributed by atoms with Crippen LogP contribution in [0.1, 0.15) is 30.1 Å². The molecule has 0 unspecified atom stereocenters. The van der Waals surface area contributed by atoms with Gasteiger partial charge in [0.1, 0.15) is 11.0 Å². The number of likely N-dealkylation sites (tertiary alicyclic amines) is 1. The second kappa shape index (κ2) is 7.61. The van der Waals surface area contributed by atoms with Gasteiger partial charge in [-0.15, -0.1) is 0 Å². The minimum Gasteiger partial charge on any atom is -0.384 e. The second-order valence-corrected chi connectivity index (χ2v) is 5.67. The van der Waals surface area contributed by atoms with Gasteiger partial charge >= 0.3 is 0 Å². The van der Waals surface area contributed by atoms with E-state index in [0.717, 1.165) is 39.1 Å². The van der Waals surface area contributed by atoms with Crippen LogP contribution in [0, 0.1) is 5.92 Å². The molecule has 6 heteroatoms. The molecule has 21 heavy (non-hydrogen) atoms. The summed E-state index contributed by atoms with van der Waals surface area (Å²) in [5, 5.41) is 3.43. The van der Waals surface area contributed by atoms with E-state index in [1.807, 2.05) is 11.8 Å². The summed E-state index contributed by atoms with van der Waals surface area (Å²) in [4.78, 5) is 18.6. The summed E-state index contributed by atoms with van der Waals surface area (Å²) in [5.41, 5.74) is 0.594. The van der Waals surface area contributed by atoms with Gasteiger partial charge < -0.3 is 15.0 Å². The molecule has 0 atom stereocenters. The Balaban J connectivity index is 2.03. The molecule has 2 rings (SSSR count). The highest BCUT2D eigenvalue weighted by molar-refractivity contribution is 6.29. The summed E-state index contributed by atoms with van der Waals surface area (Å²) in [6.45, 7) is 5.02. The smallest absolute Gasteiger partial charge is 0.254 e. The van der Waals surface area contributed by atoms with Crippen molar-refractivity contribution in [2.75, 3.05) is 38.7 Å². The molecule has 0 bridgehead atoms. The Morgan fingerprint density at radius 1 is 1.48 bits per heavy atom. The Kier molecular flexibility index (Phi) is 5.82. The molecule has 1 saturated heterocycles. The van der Waals surface area contributed by atoms with E-state index < -0.39 is 0 Å². The van der Waals surface area contributed by atoms with Crippen LogP contribution in [0.2, 0.25) is 5.15 Å². The van der Waals surface area contributed by atoms with E-state index in [2.05, 4.69) is 10.3 Å². The Hall–Kier alpha value is -1.33. The second-order valence-electron chi connectivity index (χ2n) is 5.29. The highest BCUT2D eigenvalue weighted by atomic mass is 35.5. The summed E-state index contributed by atoms with van der Waals surface area (Å²) in [6.07, 6.45) is 1.97. The predicted molar refractivity (Wildman–Crippen MR) is 83.9 cm³/mol. The van der Waals surface area contributed by atoms with Gasteiger partial charge in [0, 0.05) is 38.9 Å². The van der Waals surface area contributed by atoms with Crippen LogP contribution >= 0.6 is 11.6 Å². The third-order valence-corrected chi connectivity index (χ3v) is 3.90. The lowest BCUT2D eigenvalue weighted by Crippen LogP contribution is -2.39. The number of pyridine rings is 1. The van der Waals surface area contributed by atoms with Crippen molar-refractivity contribution in [3.8, 4) is 0 Å². The topological polar surface area (TPSA) is 54.5 Å². The maximum absolute atomic E-state index is 12.6. The van der Waals surface area contributed by atoms with Crippen molar-refractivity contribution in [3.63, 3.8) is 0 Å². The molecule has 116 valence electrons. The number of nitrogens with zero attached hydrogens (tertiary/aromatic N) is 2. The van der Waals surface area contributed by atoms with Gasteiger partial charge in [-0.05, 0) is 37.8 Å². The lowest BCUT2D eigenvalue weighted by Gasteiger charge is -2.31. The third-order valence-electron chi connectivity index (χ3n) is 3.70. The quantitative estimate of drug-likeness (QED) is 0.849. The van der Waals surface area contributed by atoms with Crippen molar-refractivity contribution in [3.05, 3.63) is 22.8 Å². The monoisotopic (exact) mass is 311 g/mol. The van der Waals surface area contributed by atoms with E-state index in [-0.39, 0.29) is 5.91 Å². The highest BCUT2D eigenvalue weighted by Gasteiger charge is 2.24. The van der Waals surface area contributed by atoms with Crippen LogP contribution in [-0.2, 0) is 4.74 Å². The van der Waals surface area contributed by atoms with Crippen molar-refractivity contribution in [1.82, 2.24) is 9.88 Å². The molecular weight excluding hydrogens is 290 g/mol. The maximum atomic E-state index is 12.6. The number of ether oxygens (including phenoxy) is 1. The van der Waals surface area contributed by atoms with Crippen LogP contribution in [-0.4, -0.2) is 49.1 Å². The van der Waals surface area contributed by atoms with Crippen molar-refractivity contribution in [1.29, 1.82) is 0 Å². The molecule has 1 aromatic rings. The van der Waals surface area contributed by atoms with E-state index >= 15 is 0 Å². The highest BCUT2D eigenvalue weighted by Crippen LogP contribution is 2.21. The third kappa shape index (κ3) is 4.32. The van der Waals surface area contributed by atoms with Gasteiger partial charge in [-0.2, -0.15) is 0 Å². The number of piperidine rings is 1. The zero-order chi connectivity index (χ0) is 15.2. The van der Waals surface area contributed by atoms with Crippen LogP contribution in [0.5, 0.6) is 0 Å². The fourth-order valence-electron chi connectivity index (χ4n) is 2.61. The van der Waals surface area contributed by atoms with Crippen molar-refractivity contribution in [2.24, 2.45) is 5.92 Å². The van der Waals surface area contributed by atoms with E-state index in [4.69, 9.17) is 16.3 Å². The van der Waals surface area contributed by atoms with E-state index in [0.29, 0.717) is 22.5 Å². The first kappa shape index (κ1) is 16.0. The van der Waals surface area contributed by atoms with Crippen LogP contribution < -0.4 is 5.32 Å². The normalized spacial score (nSPS) is 16.0. The molecule has 1 fully saturated rings. The van der Waals surface area contributed by atoms with Gasteiger partial charge in [-0.3, -0.25) is 4.79 Å². The standard InChI is InChI=1S/C15H22ClN3O2/c1-3-17-14-9-12(8-13(16)18-14)15(20)19-6-4-11(5-7-19)10-21-2/h8-9,11H,3-7,10H2,1-2H3,(H,17,18). The predicted octanol–water partition coefficient (Wildman–Crippen LogP) is 2.67. The molecule has 0 radical (unpaired) electrons. The van der Waals surface area contributed by atoms with Gasteiger partial charge in [0.2, 0.25) is 0 Å². The molecule has 1 amide bonds. The Morgan fingerprint density at radius 2 is 2.19 bits per heavy atom. The molecule has 1 aliphatic rings. The zero-order valence-corrected chi connectivity index (χ0v) is 13.3. The SMILES string of the molecule is CCNc1cc(C(=O)N2CCC(COC)CC2)cc(Cl)n1. The van der Waals surface area contributed by atoms with Gasteiger partial charge in [0.05, 0.1) is 0 Å². The molecule has 5 nitrogen and oxygen atoms in total. The molecule has 1 N–H and O–H groups in total. The number of amides is 1. The molecule has 1 aliphatic heterocycles. The Bertz CT molecular complexity index is 488. The number of hydrogen-bond acceptors (Lipinski definition) is 4. The number of halogens is 1. The largest absolute Gasteiger partial charge is 0.384 e. The van der Waals surface area contributed by atoms with Crippen molar-refractivity contribution < 1.29 is 9.53 Å². The van der Waals surface area contributed by atoms with Gasteiger partial charge in [0.25, 0.3) is 5.91 Å². The zero-order valence-electron chi connectivity index (χ0n) is 12.6. The fraction of sp³-hybridized carbons (Fsp3) is 0.600. The minimum absolute atomic E-state index is 0.0225. The van der Waals surface area contributed by atoms with Gasteiger partial charge in [-0.1, -0.05) is 11.6 Å². The van der Waals surface area contributed by atoms with Crippen molar-refractivity contribution in [2.45, 2.75) is 19.8 Å². The Morgan fingerprint density at radius 3 is 2.81 bits per heavy atom. The summed E-state index contributed by atoms with van der Waals surface area (Å²) < 4.78 is 5.18. The lowest BCUT2D eigenvalue weighted by atomic mass is 9.97. The summed E-state index contributed by atoms with van der Waals surface area (Å²) in [6, 6.07) is 3.39. The minimum atomic E-state index is 0.0225. The molecule has 0 spiro atoms. The maximum Gasteiger partial charge on any atom is 0.254 e. The first-order chi connectivity index (χ1) is 10.1. The van der Waals surface area contributed by atoms with Crippen LogP contribution in [0.25, 0.3) is 0 Å². The first-order valence-electron chi connectivity index (χ1n) is 7.33. The number of anilines is 1. The van der Waals surface area contributed by atoms with E-state index in [1.54, 1.807) is 19.2 Å². The number of methoxy groups -OCH3 is 1. The summed E-state index contributed by atoms with van der Waals surface area (Å²) in [7, 11) is 1.72. The number of rotatable bonds is 5. The van der Waals surface area contributed by atoms with E-state index in [9.17, 15) is 4.79 Å². The van der Waals surface area contributed by atoms with Crippen LogP contribution in [0.15, 0.2) is 12.1 Å². The lowest BCUT2D eigenvalue weighted by molar-refractivity contribution is 0.0613. The average molecular weight is 312 g/mol. The first-order valence-corrected chi connectivity index (χ1v) is 7.71. The molecule has 0 saturated carbocycles. The number of carbonyl (C=O) groups is 1. The van der Waals surface area contributed by atoms with Gasteiger partial charge in [0.15, 0.2) is 0 Å². The summed E-state index contributed by atoms with van der Waals surface area (Å²) >= 11 is 5.99. The molecular formula is C15H22ClN3O2. The van der Waals surface area contributed by atoms with Crippen molar-refractivity contribution >= 4 is 23.3 Å². The molecule has 2 heterocycles. The number of nitrogens with one attached hydrogen (secondary N) is 1. The number of carbonyl (C=O) groups excluding carboxylic acids is 1.